The Labute approximate surface area is 224 Å². The summed E-state index contributed by atoms with van der Waals surface area (Å²) < 4.78 is 34.0. The number of halogens is 2. The summed E-state index contributed by atoms with van der Waals surface area (Å²) >= 11 is 0. The van der Waals surface area contributed by atoms with Crippen LogP contribution in [0.5, 0.6) is 0 Å². The van der Waals surface area contributed by atoms with Gasteiger partial charge >= 0.3 is 0 Å². The predicted octanol–water partition coefficient (Wildman–Crippen LogP) is 10.2. The van der Waals surface area contributed by atoms with Crippen LogP contribution in [0.4, 0.5) is 8.78 Å². The van der Waals surface area contributed by atoms with Crippen molar-refractivity contribution < 1.29 is 13.2 Å². The van der Waals surface area contributed by atoms with Crippen molar-refractivity contribution in [1.82, 2.24) is 4.98 Å². The minimum atomic E-state index is -0.296. The van der Waals surface area contributed by atoms with Gasteiger partial charge in [0.2, 0.25) is 0 Å². The quantitative estimate of drug-likeness (QED) is 0.250. The molecule has 39 heavy (non-hydrogen) atoms. The molecule has 0 saturated heterocycles. The van der Waals surface area contributed by atoms with Crippen molar-refractivity contribution in [3.8, 4) is 44.5 Å². The second-order valence-electron chi connectivity index (χ2n) is 9.83. The summed E-state index contributed by atoms with van der Waals surface area (Å²) in [5.41, 5.74) is 10.3. The molecule has 188 valence electrons. The van der Waals surface area contributed by atoms with Gasteiger partial charge in [0.05, 0.1) is 6.26 Å². The van der Waals surface area contributed by atoms with Gasteiger partial charge in [-0.25, -0.2) is 8.78 Å². The summed E-state index contributed by atoms with van der Waals surface area (Å²) in [6.07, 6.45) is 3.62. The van der Waals surface area contributed by atoms with Crippen molar-refractivity contribution in [1.29, 1.82) is 0 Å². The molecule has 0 saturated carbocycles. The first-order valence-corrected chi connectivity index (χ1v) is 12.8. The monoisotopic (exact) mass is 511 g/mol. The zero-order valence-electron chi connectivity index (χ0n) is 21.1. The van der Waals surface area contributed by atoms with E-state index in [2.05, 4.69) is 53.5 Å². The van der Waals surface area contributed by atoms with E-state index in [0.29, 0.717) is 5.56 Å². The van der Waals surface area contributed by atoms with Gasteiger partial charge in [0.25, 0.3) is 0 Å². The number of nitrogens with one attached hydrogen (secondary N) is 1. The molecule has 0 bridgehead atoms. The topological polar surface area (TPSA) is 28.9 Å². The Kier molecular flexibility index (Phi) is 5.41. The maximum Gasteiger partial charge on any atom is 0.133 e. The molecule has 4 heteroatoms. The van der Waals surface area contributed by atoms with Crippen LogP contribution in [-0.4, -0.2) is 4.98 Å². The number of aromatic amines is 1. The summed E-state index contributed by atoms with van der Waals surface area (Å²) in [5, 5.41) is 2.11. The number of benzene rings is 5. The largest absolute Gasteiger partial charge is 0.464 e. The Hall–Kier alpha value is -4.96. The second kappa shape index (κ2) is 9.10. The normalized spacial score (nSPS) is 11.5. The van der Waals surface area contributed by atoms with Gasteiger partial charge in [-0.3, -0.25) is 0 Å². The zero-order valence-corrected chi connectivity index (χ0v) is 21.1. The van der Waals surface area contributed by atoms with E-state index in [9.17, 15) is 8.78 Å². The maximum absolute atomic E-state index is 14.3. The summed E-state index contributed by atoms with van der Waals surface area (Å²) in [4.78, 5) is 3.28. The van der Waals surface area contributed by atoms with E-state index in [4.69, 9.17) is 4.42 Å². The predicted molar refractivity (Wildman–Crippen MR) is 154 cm³/mol. The highest BCUT2D eigenvalue weighted by Crippen LogP contribution is 2.46. The third-order valence-corrected chi connectivity index (χ3v) is 7.41. The van der Waals surface area contributed by atoms with Crippen LogP contribution in [0.1, 0.15) is 5.56 Å². The van der Waals surface area contributed by atoms with Crippen LogP contribution < -0.4 is 0 Å². The molecule has 0 amide bonds. The van der Waals surface area contributed by atoms with Gasteiger partial charge in [-0.05, 0) is 123 Å². The molecule has 7 rings (SSSR count). The fourth-order valence-corrected chi connectivity index (χ4v) is 5.46. The average molecular weight is 512 g/mol. The molecule has 7 aromatic rings. The number of hydrogen-bond donors (Lipinski definition) is 1. The molecule has 0 unspecified atom stereocenters. The molecular weight excluding hydrogens is 488 g/mol. The minimum absolute atomic E-state index is 0.245. The summed E-state index contributed by atoms with van der Waals surface area (Å²) in [7, 11) is 0. The number of hydrogen-bond acceptors (Lipinski definition) is 1. The van der Waals surface area contributed by atoms with Crippen LogP contribution >= 0.6 is 0 Å². The van der Waals surface area contributed by atoms with Crippen molar-refractivity contribution in [3.63, 3.8) is 0 Å². The van der Waals surface area contributed by atoms with E-state index in [0.717, 1.165) is 66.4 Å². The van der Waals surface area contributed by atoms with Gasteiger partial charge < -0.3 is 9.40 Å². The van der Waals surface area contributed by atoms with E-state index in [1.54, 1.807) is 19.3 Å². The number of aromatic nitrogens is 1. The zero-order chi connectivity index (χ0) is 26.5. The smallest absolute Gasteiger partial charge is 0.133 e. The van der Waals surface area contributed by atoms with Gasteiger partial charge in [-0.2, -0.15) is 0 Å². The fourth-order valence-electron chi connectivity index (χ4n) is 5.46. The lowest BCUT2D eigenvalue weighted by Gasteiger charge is -2.21. The number of rotatable bonds is 4. The fraction of sp³-hybridized carbons (Fsp3) is 0.0286. The van der Waals surface area contributed by atoms with Crippen molar-refractivity contribution in [2.75, 3.05) is 0 Å². The average Bonchev–Trinajstić information content (AvgIpc) is 3.63. The van der Waals surface area contributed by atoms with Crippen molar-refractivity contribution >= 4 is 21.9 Å². The molecule has 0 aliphatic rings. The summed E-state index contributed by atoms with van der Waals surface area (Å²) in [5.74, 6) is -0.542. The first kappa shape index (κ1) is 23.2. The maximum atomic E-state index is 14.3. The Bertz CT molecular complexity index is 2000. The number of furan rings is 1. The molecule has 0 spiro atoms. The highest BCUT2D eigenvalue weighted by Gasteiger charge is 2.20. The minimum Gasteiger partial charge on any atom is -0.464 e. The van der Waals surface area contributed by atoms with Gasteiger partial charge in [0.1, 0.15) is 17.2 Å². The summed E-state index contributed by atoms with van der Waals surface area (Å²) in [6, 6.07) is 32.5. The van der Waals surface area contributed by atoms with Gasteiger partial charge in [0, 0.05) is 17.1 Å². The Balaban J connectivity index is 1.60. The Morgan fingerprint density at radius 1 is 0.590 bits per heavy atom. The highest BCUT2D eigenvalue weighted by molar-refractivity contribution is 6.04. The first-order chi connectivity index (χ1) is 19.0. The lowest BCUT2D eigenvalue weighted by Crippen LogP contribution is -1.95. The SMILES string of the molecule is Cc1cc(-c2ccc(-c3ccc4occc4c3)c(-c3ccc4[nH]ccc4c3)c2-c2ccc(F)cc2)ccc1F. The number of aryl methyl sites for hydroxylation is 1. The molecule has 1 N–H and O–H groups in total. The molecule has 0 aliphatic heterocycles. The van der Waals surface area contributed by atoms with Crippen molar-refractivity contribution in [2.24, 2.45) is 0 Å². The number of fused-ring (bicyclic) bond motifs is 2. The molecule has 0 aliphatic carbocycles. The molecule has 2 heterocycles. The van der Waals surface area contributed by atoms with Crippen LogP contribution in [0.15, 0.2) is 120 Å². The van der Waals surface area contributed by atoms with Crippen LogP contribution in [-0.2, 0) is 0 Å². The third-order valence-electron chi connectivity index (χ3n) is 7.41. The lowest BCUT2D eigenvalue weighted by atomic mass is 9.82. The van der Waals surface area contributed by atoms with E-state index in [-0.39, 0.29) is 11.6 Å². The molecule has 0 fully saturated rings. The van der Waals surface area contributed by atoms with Crippen molar-refractivity contribution in [2.45, 2.75) is 6.92 Å². The van der Waals surface area contributed by atoms with E-state index in [1.807, 2.05) is 36.5 Å². The van der Waals surface area contributed by atoms with Crippen LogP contribution in [0.2, 0.25) is 0 Å². The molecular formula is C35H23F2NO. The second-order valence-corrected chi connectivity index (χ2v) is 9.83. The van der Waals surface area contributed by atoms with E-state index < -0.39 is 0 Å². The molecule has 2 nitrogen and oxygen atoms in total. The molecule has 2 aromatic heterocycles. The Morgan fingerprint density at radius 3 is 2.05 bits per heavy atom. The standard InChI is InChI=1S/C35H23F2NO/c1-21-18-23(4-11-31(21)37)29-9-10-30(24-6-13-33-26(19-24)15-17-39-33)35(34(29)22-2-7-28(36)8-3-22)27-5-12-32-25(20-27)14-16-38-32/h2-20,38H,1H3. The van der Waals surface area contributed by atoms with Gasteiger partial charge in [-0.1, -0.05) is 42.5 Å². The molecule has 0 atom stereocenters. The van der Waals surface area contributed by atoms with Gasteiger partial charge in [-0.15, -0.1) is 0 Å². The summed E-state index contributed by atoms with van der Waals surface area (Å²) in [6.45, 7) is 1.77. The molecule has 0 radical (unpaired) electrons. The first-order valence-electron chi connectivity index (χ1n) is 12.8. The van der Waals surface area contributed by atoms with Gasteiger partial charge in [0.15, 0.2) is 0 Å². The van der Waals surface area contributed by atoms with Crippen LogP contribution in [0, 0.1) is 18.6 Å². The van der Waals surface area contributed by atoms with E-state index >= 15 is 0 Å². The van der Waals surface area contributed by atoms with Crippen LogP contribution in [0.3, 0.4) is 0 Å². The van der Waals surface area contributed by atoms with Crippen LogP contribution in [0.25, 0.3) is 66.4 Å². The highest BCUT2D eigenvalue weighted by atomic mass is 19.1. The molecule has 5 aromatic carbocycles. The third kappa shape index (κ3) is 4.02. The van der Waals surface area contributed by atoms with E-state index in [1.165, 1.54) is 18.2 Å². The Morgan fingerprint density at radius 2 is 1.26 bits per heavy atom. The lowest BCUT2D eigenvalue weighted by molar-refractivity contribution is 0.616. The number of H-pyrrole nitrogens is 1. The van der Waals surface area contributed by atoms with Crippen molar-refractivity contribution in [3.05, 3.63) is 133 Å².